The van der Waals surface area contributed by atoms with E-state index in [0.717, 1.165) is 12.8 Å². The lowest BCUT2D eigenvalue weighted by atomic mass is 10.1. The first kappa shape index (κ1) is 22.8. The molecule has 3 aromatic heterocycles. The Balaban J connectivity index is 2.08. The van der Waals surface area contributed by atoms with Gasteiger partial charge in [-0.25, -0.2) is 9.78 Å². The number of aromatic nitrogens is 3. The quantitative estimate of drug-likeness (QED) is 0.420. The van der Waals surface area contributed by atoms with E-state index in [-0.39, 0.29) is 53.0 Å². The molecule has 9 nitrogen and oxygen atoms in total. The Hall–Kier alpha value is -3.33. The number of carbonyl (C=O) groups excluding carboxylic acids is 2. The normalized spacial score (nSPS) is 16.7. The van der Waals surface area contributed by atoms with Crippen LogP contribution < -0.4 is 11.0 Å². The summed E-state index contributed by atoms with van der Waals surface area (Å²) >= 11 is 0. The highest BCUT2D eigenvalue weighted by molar-refractivity contribution is 5.93. The third-order valence-corrected chi connectivity index (χ3v) is 5.51. The van der Waals surface area contributed by atoms with E-state index in [0.29, 0.717) is 24.4 Å². The molecule has 4 rings (SSSR count). The maximum Gasteiger partial charge on any atom is 0.341 e. The molecule has 0 bridgehead atoms. The molecule has 0 aromatic carbocycles. The largest absolute Gasteiger partial charge is 0.462 e. The number of esters is 1. The number of pyridine rings is 2. The molecule has 0 N–H and O–H groups in total. The second kappa shape index (κ2) is 9.66. The van der Waals surface area contributed by atoms with Gasteiger partial charge in [0.05, 0.1) is 24.6 Å². The Morgan fingerprint density at radius 2 is 2.15 bits per heavy atom. The Morgan fingerprint density at radius 3 is 2.85 bits per heavy atom. The lowest BCUT2D eigenvalue weighted by molar-refractivity contribution is -0.118. The van der Waals surface area contributed by atoms with Crippen molar-refractivity contribution in [3.8, 4) is 0 Å². The summed E-state index contributed by atoms with van der Waals surface area (Å²) in [6, 6.07) is 6.71. The molecule has 0 saturated carbocycles. The van der Waals surface area contributed by atoms with E-state index >= 15 is 0 Å². The van der Waals surface area contributed by atoms with Crippen molar-refractivity contribution < 1.29 is 19.1 Å². The Labute approximate surface area is 190 Å². The van der Waals surface area contributed by atoms with E-state index in [9.17, 15) is 14.4 Å². The average molecular weight is 453 g/mol. The van der Waals surface area contributed by atoms with Gasteiger partial charge in [-0.3, -0.25) is 14.0 Å². The molecule has 1 atom stereocenters. The lowest BCUT2D eigenvalue weighted by Gasteiger charge is -2.18. The van der Waals surface area contributed by atoms with Gasteiger partial charge in [0.25, 0.3) is 5.56 Å². The molecule has 9 heteroatoms. The third kappa shape index (κ3) is 4.73. The van der Waals surface area contributed by atoms with Crippen LogP contribution in [0.2, 0.25) is 0 Å². The van der Waals surface area contributed by atoms with Crippen molar-refractivity contribution >= 4 is 28.6 Å². The van der Waals surface area contributed by atoms with Gasteiger partial charge < -0.3 is 14.0 Å². The van der Waals surface area contributed by atoms with Crippen LogP contribution in [-0.2, 0) is 20.8 Å². The summed E-state index contributed by atoms with van der Waals surface area (Å²) in [4.78, 5) is 48.0. The average Bonchev–Trinajstić information content (AvgIpc) is 3.28. The van der Waals surface area contributed by atoms with E-state index in [1.165, 1.54) is 10.5 Å². The van der Waals surface area contributed by atoms with E-state index in [2.05, 4.69) is 4.99 Å². The number of amides is 1. The zero-order valence-corrected chi connectivity index (χ0v) is 19.1. The number of nitrogens with zero attached hydrogens (tertiary/aromatic N) is 4. The molecular weight excluding hydrogens is 424 g/mol. The topological polar surface area (TPSA) is 104 Å². The van der Waals surface area contributed by atoms with Crippen LogP contribution in [0.1, 0.15) is 50.4 Å². The highest BCUT2D eigenvalue weighted by Gasteiger charge is 2.23. The summed E-state index contributed by atoms with van der Waals surface area (Å²) in [5.41, 5.74) is 0.705. The number of ether oxygens (including phenoxy) is 2. The summed E-state index contributed by atoms with van der Waals surface area (Å²) in [6.45, 7) is 6.65. The molecule has 0 radical (unpaired) electrons. The lowest BCUT2D eigenvalue weighted by Crippen LogP contribution is -2.35. The molecule has 33 heavy (non-hydrogen) atoms. The summed E-state index contributed by atoms with van der Waals surface area (Å²) in [5, 5.41) is 0.245. The molecule has 1 saturated heterocycles. The van der Waals surface area contributed by atoms with Crippen molar-refractivity contribution in [2.75, 3.05) is 13.2 Å². The molecule has 1 fully saturated rings. The number of hydrogen-bond acceptors (Lipinski definition) is 6. The zero-order chi connectivity index (χ0) is 23.5. The van der Waals surface area contributed by atoms with Gasteiger partial charge in [-0.2, -0.15) is 4.99 Å². The Kier molecular flexibility index (Phi) is 6.69. The van der Waals surface area contributed by atoms with Gasteiger partial charge in [0.15, 0.2) is 5.49 Å². The molecule has 1 aliphatic heterocycles. The van der Waals surface area contributed by atoms with Gasteiger partial charge in [0.1, 0.15) is 16.9 Å². The van der Waals surface area contributed by atoms with Crippen molar-refractivity contribution in [3.05, 3.63) is 51.9 Å². The van der Waals surface area contributed by atoms with Crippen molar-refractivity contribution in [1.82, 2.24) is 14.0 Å². The predicted octanol–water partition coefficient (Wildman–Crippen LogP) is 2.48. The summed E-state index contributed by atoms with van der Waals surface area (Å²) in [7, 11) is 0. The summed E-state index contributed by atoms with van der Waals surface area (Å²) in [6.07, 6.45) is 3.46. The van der Waals surface area contributed by atoms with Crippen LogP contribution in [-0.4, -0.2) is 45.1 Å². The highest BCUT2D eigenvalue weighted by atomic mass is 16.5. The van der Waals surface area contributed by atoms with Crippen LogP contribution >= 0.6 is 0 Å². The second-order valence-electron chi connectivity index (χ2n) is 8.53. The van der Waals surface area contributed by atoms with Gasteiger partial charge in [-0.15, -0.1) is 0 Å². The monoisotopic (exact) mass is 452 g/mol. The predicted molar refractivity (Wildman–Crippen MR) is 122 cm³/mol. The van der Waals surface area contributed by atoms with E-state index in [1.54, 1.807) is 35.9 Å². The van der Waals surface area contributed by atoms with Crippen LogP contribution in [0, 0.1) is 5.92 Å². The maximum absolute atomic E-state index is 13.3. The first-order valence-corrected chi connectivity index (χ1v) is 11.3. The van der Waals surface area contributed by atoms with Gasteiger partial charge >= 0.3 is 5.97 Å². The summed E-state index contributed by atoms with van der Waals surface area (Å²) < 4.78 is 14.2. The number of hydrogen-bond donors (Lipinski definition) is 0. The van der Waals surface area contributed by atoms with Crippen molar-refractivity contribution in [2.24, 2.45) is 10.9 Å². The number of fused-ring (bicyclic) bond motifs is 2. The first-order chi connectivity index (χ1) is 15.9. The highest BCUT2D eigenvalue weighted by Crippen LogP contribution is 2.17. The van der Waals surface area contributed by atoms with Crippen LogP contribution in [0.5, 0.6) is 0 Å². The van der Waals surface area contributed by atoms with Crippen LogP contribution in [0.4, 0.5) is 0 Å². The second-order valence-corrected chi connectivity index (χ2v) is 8.53. The minimum Gasteiger partial charge on any atom is -0.462 e. The van der Waals surface area contributed by atoms with Crippen molar-refractivity contribution in [2.45, 2.75) is 52.7 Å². The third-order valence-electron chi connectivity index (χ3n) is 5.51. The molecule has 3 aromatic rings. The fourth-order valence-electron chi connectivity index (χ4n) is 4.04. The van der Waals surface area contributed by atoms with Gasteiger partial charge in [-0.05, 0) is 43.9 Å². The van der Waals surface area contributed by atoms with Crippen LogP contribution in [0.25, 0.3) is 16.7 Å². The van der Waals surface area contributed by atoms with E-state index in [4.69, 9.17) is 14.5 Å². The molecule has 174 valence electrons. The fourth-order valence-corrected chi connectivity index (χ4v) is 4.04. The maximum atomic E-state index is 13.3. The minimum absolute atomic E-state index is 0.0641. The standard InChI is InChI=1S/C24H28N4O5/c1-4-32-24(31)18-13-17-21(25-19-9-5-6-10-27(19)23(17)30)28(14-16-8-7-11-33-16)22(18)26-20(29)12-15(2)3/h5-6,9-10,13,15-16H,4,7-8,11-12,14H2,1-3H3/t16-/m0/s1. The molecule has 0 aliphatic carbocycles. The van der Waals surface area contributed by atoms with Gasteiger partial charge in [-0.1, -0.05) is 19.9 Å². The van der Waals surface area contributed by atoms with Crippen molar-refractivity contribution in [3.63, 3.8) is 0 Å². The first-order valence-electron chi connectivity index (χ1n) is 11.3. The molecule has 1 amide bonds. The fraction of sp³-hybridized carbons (Fsp3) is 0.458. The van der Waals surface area contributed by atoms with Gasteiger partial charge in [0, 0.05) is 19.2 Å². The van der Waals surface area contributed by atoms with Crippen LogP contribution in [0.3, 0.4) is 0 Å². The molecule has 1 aliphatic rings. The van der Waals surface area contributed by atoms with Crippen LogP contribution in [0.15, 0.2) is 40.2 Å². The Bertz CT molecular complexity index is 1330. The summed E-state index contributed by atoms with van der Waals surface area (Å²) in [5.74, 6) is -0.895. The zero-order valence-electron chi connectivity index (χ0n) is 19.1. The number of rotatable bonds is 6. The Morgan fingerprint density at radius 1 is 1.33 bits per heavy atom. The molecule has 0 spiro atoms. The smallest absolute Gasteiger partial charge is 0.341 e. The SMILES string of the molecule is CCOC(=O)c1cc2c(=O)n3ccccc3nc2n(C[C@@H]2CCCO2)c1=NC(=O)CC(C)C. The molecule has 4 heterocycles. The molecule has 0 unspecified atom stereocenters. The molecular formula is C24H28N4O5. The van der Waals surface area contributed by atoms with Crippen molar-refractivity contribution in [1.29, 1.82) is 0 Å². The van der Waals surface area contributed by atoms with E-state index in [1.807, 2.05) is 13.8 Å². The number of carbonyl (C=O) groups is 2. The van der Waals surface area contributed by atoms with E-state index < -0.39 is 5.97 Å². The van der Waals surface area contributed by atoms with Gasteiger partial charge in [0.2, 0.25) is 5.91 Å². The minimum atomic E-state index is -0.644.